The summed E-state index contributed by atoms with van der Waals surface area (Å²) < 4.78 is 11.2. The van der Waals surface area contributed by atoms with Crippen LogP contribution in [-0.2, 0) is 14.3 Å². The van der Waals surface area contributed by atoms with E-state index in [9.17, 15) is 9.90 Å². The number of aliphatic hydroxyl groups is 1. The molecule has 4 saturated carbocycles. The first kappa shape index (κ1) is 19.7. The van der Waals surface area contributed by atoms with Gasteiger partial charge in [-0.25, -0.2) is 0 Å². The molecule has 27 heavy (non-hydrogen) atoms. The highest BCUT2D eigenvalue weighted by atomic mass is 16.5. The number of carbonyl (C=O) groups excluding carboxylic acids is 1. The third kappa shape index (κ3) is 4.68. The van der Waals surface area contributed by atoms with Gasteiger partial charge in [-0.1, -0.05) is 0 Å². The summed E-state index contributed by atoms with van der Waals surface area (Å²) in [5.74, 6) is 2.70. The van der Waals surface area contributed by atoms with Crippen molar-refractivity contribution in [3.63, 3.8) is 0 Å². The highest BCUT2D eigenvalue weighted by molar-refractivity contribution is 5.72. The van der Waals surface area contributed by atoms with Crippen molar-refractivity contribution in [3.8, 4) is 0 Å². The first-order chi connectivity index (χ1) is 13.0. The van der Waals surface area contributed by atoms with Gasteiger partial charge in [0, 0.05) is 13.1 Å². The van der Waals surface area contributed by atoms with E-state index in [1.807, 2.05) is 6.92 Å². The largest absolute Gasteiger partial charge is 0.466 e. The Morgan fingerprint density at radius 3 is 2.48 bits per heavy atom. The molecule has 1 N–H and O–H groups in total. The molecule has 2 atom stereocenters. The Hall–Kier alpha value is -0.650. The van der Waals surface area contributed by atoms with Gasteiger partial charge in [0.2, 0.25) is 0 Å². The molecule has 4 aliphatic carbocycles. The van der Waals surface area contributed by atoms with Gasteiger partial charge < -0.3 is 14.6 Å². The van der Waals surface area contributed by atoms with Crippen LogP contribution in [0, 0.1) is 29.1 Å². The fourth-order valence-electron chi connectivity index (χ4n) is 6.90. The number of nitrogens with zero attached hydrogens (tertiary/aromatic N) is 1. The molecular weight excluding hydrogens is 342 g/mol. The minimum absolute atomic E-state index is 0.0427. The summed E-state index contributed by atoms with van der Waals surface area (Å²) in [6.07, 6.45) is 9.83. The molecule has 0 radical (unpaired) electrons. The average molecular weight is 380 g/mol. The fourth-order valence-corrected chi connectivity index (χ4v) is 6.90. The molecule has 5 rings (SSSR count). The summed E-state index contributed by atoms with van der Waals surface area (Å²) in [5.41, 5.74) is 0.411. The molecular formula is C22H37NO4. The predicted octanol–water partition coefficient (Wildman–Crippen LogP) is 2.86. The molecule has 154 valence electrons. The maximum atomic E-state index is 12.0. The van der Waals surface area contributed by atoms with E-state index in [4.69, 9.17) is 9.47 Å². The third-order valence-electron chi connectivity index (χ3n) is 7.48. The van der Waals surface area contributed by atoms with Gasteiger partial charge in [0.1, 0.15) is 0 Å². The van der Waals surface area contributed by atoms with Crippen LogP contribution in [0.25, 0.3) is 0 Å². The molecule has 1 saturated heterocycles. The molecule has 1 aliphatic heterocycles. The van der Waals surface area contributed by atoms with E-state index >= 15 is 0 Å². The lowest BCUT2D eigenvalue weighted by atomic mass is 9.50. The van der Waals surface area contributed by atoms with Gasteiger partial charge >= 0.3 is 5.97 Å². The van der Waals surface area contributed by atoms with Crippen molar-refractivity contribution in [1.29, 1.82) is 0 Å². The second-order valence-corrected chi connectivity index (χ2v) is 9.94. The van der Waals surface area contributed by atoms with Crippen molar-refractivity contribution in [2.24, 2.45) is 29.1 Å². The number of aliphatic hydroxyl groups excluding tert-OH is 1. The van der Waals surface area contributed by atoms with Gasteiger partial charge in [-0.05, 0) is 88.0 Å². The fraction of sp³-hybridized carbons (Fsp3) is 0.955. The number of ether oxygens (including phenoxy) is 2. The Labute approximate surface area is 163 Å². The monoisotopic (exact) mass is 379 g/mol. The normalized spacial score (nSPS) is 39.5. The molecule has 1 heterocycles. The zero-order chi connectivity index (χ0) is 18.9. The average Bonchev–Trinajstić information content (AvgIpc) is 2.61. The summed E-state index contributed by atoms with van der Waals surface area (Å²) in [7, 11) is 0. The van der Waals surface area contributed by atoms with Crippen molar-refractivity contribution in [2.45, 2.75) is 64.4 Å². The van der Waals surface area contributed by atoms with Gasteiger partial charge in [0.15, 0.2) is 0 Å². The van der Waals surface area contributed by atoms with Crippen LogP contribution in [0.1, 0.15) is 58.3 Å². The summed E-state index contributed by atoms with van der Waals surface area (Å²) in [6.45, 7) is 5.78. The van der Waals surface area contributed by atoms with Crippen molar-refractivity contribution >= 4 is 5.97 Å². The van der Waals surface area contributed by atoms with Crippen molar-refractivity contribution < 1.29 is 19.4 Å². The lowest BCUT2D eigenvalue weighted by Gasteiger charge is -2.56. The zero-order valence-corrected chi connectivity index (χ0v) is 16.9. The number of hydrogen-bond donors (Lipinski definition) is 1. The smallest absolute Gasteiger partial charge is 0.310 e. The molecule has 0 aromatic carbocycles. The van der Waals surface area contributed by atoms with E-state index in [1.165, 1.54) is 38.5 Å². The second kappa shape index (κ2) is 8.38. The third-order valence-corrected chi connectivity index (χ3v) is 7.48. The Kier molecular flexibility index (Phi) is 6.10. The van der Waals surface area contributed by atoms with E-state index in [0.29, 0.717) is 31.7 Å². The first-order valence-electron chi connectivity index (χ1n) is 11.2. The summed E-state index contributed by atoms with van der Waals surface area (Å²) in [4.78, 5) is 14.2. The Balaban J connectivity index is 1.19. The number of carbonyl (C=O) groups is 1. The van der Waals surface area contributed by atoms with Gasteiger partial charge in [-0.3, -0.25) is 9.69 Å². The lowest BCUT2D eigenvalue weighted by molar-refractivity contribution is -0.150. The van der Waals surface area contributed by atoms with Gasteiger partial charge in [-0.2, -0.15) is 0 Å². The number of esters is 1. The lowest BCUT2D eigenvalue weighted by Crippen LogP contribution is -2.48. The number of rotatable bonds is 8. The summed E-state index contributed by atoms with van der Waals surface area (Å²) >= 11 is 0. The van der Waals surface area contributed by atoms with Crippen LogP contribution >= 0.6 is 0 Å². The minimum Gasteiger partial charge on any atom is -0.466 e. The highest BCUT2D eigenvalue weighted by Gasteiger charge is 2.50. The van der Waals surface area contributed by atoms with E-state index in [-0.39, 0.29) is 11.9 Å². The van der Waals surface area contributed by atoms with Crippen LogP contribution in [0.3, 0.4) is 0 Å². The topological polar surface area (TPSA) is 59.0 Å². The van der Waals surface area contributed by atoms with Crippen LogP contribution in [-0.4, -0.2) is 61.5 Å². The molecule has 5 aliphatic rings. The Bertz CT molecular complexity index is 487. The number of β-amino-alcohol motifs (C(OH)–C–C–N with tert-alkyl or cyclic N) is 1. The standard InChI is InChI=1S/C22H37NO4/c1-2-27-21(25)19-4-3-5-23(12-19)13-20(24)14-26-15-22-9-16-6-17(10-22)8-18(7-16)11-22/h16-20,24H,2-15H2,1H3/t16?,17?,18?,19-,20+,22?/m1/s1. The Morgan fingerprint density at radius 1 is 1.19 bits per heavy atom. The molecule has 5 heteroatoms. The second-order valence-electron chi connectivity index (χ2n) is 9.94. The minimum atomic E-state index is -0.472. The maximum Gasteiger partial charge on any atom is 0.310 e. The van der Waals surface area contributed by atoms with E-state index < -0.39 is 6.10 Å². The first-order valence-corrected chi connectivity index (χ1v) is 11.2. The van der Waals surface area contributed by atoms with Crippen molar-refractivity contribution in [3.05, 3.63) is 0 Å². The predicted molar refractivity (Wildman–Crippen MR) is 103 cm³/mol. The molecule has 0 spiro atoms. The van der Waals surface area contributed by atoms with Crippen molar-refractivity contribution in [1.82, 2.24) is 4.90 Å². The molecule has 5 nitrogen and oxygen atoms in total. The molecule has 4 bridgehead atoms. The van der Waals surface area contributed by atoms with E-state index in [1.54, 1.807) is 0 Å². The summed E-state index contributed by atoms with van der Waals surface area (Å²) in [5, 5.41) is 10.5. The molecule has 5 fully saturated rings. The van der Waals surface area contributed by atoms with Crippen LogP contribution in [0.2, 0.25) is 0 Å². The van der Waals surface area contributed by atoms with E-state index in [2.05, 4.69) is 4.90 Å². The quantitative estimate of drug-likeness (QED) is 0.657. The van der Waals surface area contributed by atoms with Crippen LogP contribution < -0.4 is 0 Å². The SMILES string of the molecule is CCOC(=O)[C@@H]1CCCN(C[C@H](O)COCC23CC4CC(CC(C4)C2)C3)C1. The van der Waals surface area contributed by atoms with Gasteiger partial charge in [-0.15, -0.1) is 0 Å². The van der Waals surface area contributed by atoms with Gasteiger partial charge in [0.05, 0.1) is 31.8 Å². The van der Waals surface area contributed by atoms with Gasteiger partial charge in [0.25, 0.3) is 0 Å². The molecule has 0 aromatic rings. The highest BCUT2D eigenvalue weighted by Crippen LogP contribution is 2.60. The molecule has 0 amide bonds. The molecule has 0 aromatic heterocycles. The Morgan fingerprint density at radius 2 is 1.85 bits per heavy atom. The number of likely N-dealkylation sites (tertiary alicyclic amines) is 1. The van der Waals surface area contributed by atoms with Crippen LogP contribution in [0.4, 0.5) is 0 Å². The zero-order valence-electron chi connectivity index (χ0n) is 16.9. The molecule has 0 unspecified atom stereocenters. The van der Waals surface area contributed by atoms with Crippen molar-refractivity contribution in [2.75, 3.05) is 39.5 Å². The summed E-state index contributed by atoms with van der Waals surface area (Å²) in [6, 6.07) is 0. The van der Waals surface area contributed by atoms with Crippen LogP contribution in [0.5, 0.6) is 0 Å². The van der Waals surface area contributed by atoms with E-state index in [0.717, 1.165) is 43.7 Å². The number of hydrogen-bond acceptors (Lipinski definition) is 5. The maximum absolute atomic E-state index is 12.0. The van der Waals surface area contributed by atoms with Crippen LogP contribution in [0.15, 0.2) is 0 Å². The number of piperidine rings is 1.